The van der Waals surface area contributed by atoms with Crippen LogP contribution >= 0.6 is 11.8 Å². The molecule has 1 saturated heterocycles. The fourth-order valence-electron chi connectivity index (χ4n) is 3.60. The molecule has 1 amide bonds. The SMILES string of the molecule is CN=C(NCc1ccc(F)cc1CSC)NCc1ccccc1CN1CCCC1=O. The second-order valence-corrected chi connectivity index (χ2v) is 8.18. The van der Waals surface area contributed by atoms with E-state index in [9.17, 15) is 9.18 Å². The normalized spacial score (nSPS) is 14.3. The van der Waals surface area contributed by atoms with Gasteiger partial charge in [0.1, 0.15) is 5.82 Å². The Bertz CT molecular complexity index is 903. The Morgan fingerprint density at radius 3 is 2.43 bits per heavy atom. The fraction of sp³-hybridized carbons (Fsp3) is 0.391. The van der Waals surface area contributed by atoms with E-state index >= 15 is 0 Å². The number of rotatable bonds is 8. The van der Waals surface area contributed by atoms with Crippen molar-refractivity contribution in [1.29, 1.82) is 0 Å². The minimum Gasteiger partial charge on any atom is -0.352 e. The number of halogens is 1. The Hall–Kier alpha value is -2.54. The van der Waals surface area contributed by atoms with E-state index in [2.05, 4.69) is 27.8 Å². The summed E-state index contributed by atoms with van der Waals surface area (Å²) in [4.78, 5) is 18.2. The zero-order valence-corrected chi connectivity index (χ0v) is 18.4. The van der Waals surface area contributed by atoms with Crippen molar-refractivity contribution < 1.29 is 9.18 Å². The van der Waals surface area contributed by atoms with Crippen LogP contribution in [0.1, 0.15) is 35.1 Å². The molecule has 0 unspecified atom stereocenters. The Morgan fingerprint density at radius 2 is 1.80 bits per heavy atom. The number of nitrogens with one attached hydrogen (secondary N) is 2. The van der Waals surface area contributed by atoms with E-state index in [1.807, 2.05) is 29.4 Å². The number of amides is 1. The molecule has 1 aliphatic heterocycles. The van der Waals surface area contributed by atoms with Crippen LogP contribution in [0.4, 0.5) is 4.39 Å². The fourth-order valence-corrected chi connectivity index (χ4v) is 4.18. The quantitative estimate of drug-likeness (QED) is 0.498. The number of carbonyl (C=O) groups is 1. The molecule has 0 radical (unpaired) electrons. The van der Waals surface area contributed by atoms with Crippen LogP contribution in [0.15, 0.2) is 47.5 Å². The maximum absolute atomic E-state index is 13.6. The van der Waals surface area contributed by atoms with Crippen molar-refractivity contribution >= 4 is 23.6 Å². The van der Waals surface area contributed by atoms with Crippen molar-refractivity contribution in [2.24, 2.45) is 4.99 Å². The summed E-state index contributed by atoms with van der Waals surface area (Å²) in [5, 5.41) is 6.67. The van der Waals surface area contributed by atoms with E-state index < -0.39 is 0 Å². The summed E-state index contributed by atoms with van der Waals surface area (Å²) in [5.74, 6) is 1.47. The van der Waals surface area contributed by atoms with Crippen molar-refractivity contribution in [3.05, 3.63) is 70.5 Å². The van der Waals surface area contributed by atoms with E-state index in [-0.39, 0.29) is 11.7 Å². The van der Waals surface area contributed by atoms with E-state index in [0.29, 0.717) is 32.0 Å². The molecule has 0 aliphatic carbocycles. The molecule has 0 spiro atoms. The summed E-state index contributed by atoms with van der Waals surface area (Å²) < 4.78 is 13.6. The van der Waals surface area contributed by atoms with E-state index in [1.165, 1.54) is 6.07 Å². The molecule has 1 aliphatic rings. The highest BCUT2D eigenvalue weighted by Gasteiger charge is 2.20. The smallest absolute Gasteiger partial charge is 0.222 e. The van der Waals surface area contributed by atoms with Gasteiger partial charge in [0.05, 0.1) is 0 Å². The van der Waals surface area contributed by atoms with Gasteiger partial charge >= 0.3 is 0 Å². The first-order valence-electron chi connectivity index (χ1n) is 10.2. The molecule has 3 rings (SSSR count). The molecule has 0 bridgehead atoms. The summed E-state index contributed by atoms with van der Waals surface area (Å²) in [5.41, 5.74) is 4.34. The molecule has 160 valence electrons. The van der Waals surface area contributed by atoms with E-state index in [1.54, 1.807) is 24.9 Å². The van der Waals surface area contributed by atoms with Gasteiger partial charge in [0.2, 0.25) is 5.91 Å². The van der Waals surface area contributed by atoms with Gasteiger partial charge in [-0.05, 0) is 47.1 Å². The van der Waals surface area contributed by atoms with Crippen LogP contribution in [-0.2, 0) is 30.2 Å². The van der Waals surface area contributed by atoms with Gasteiger partial charge in [-0.1, -0.05) is 30.3 Å². The molecule has 5 nitrogen and oxygen atoms in total. The molecule has 2 aromatic rings. The molecule has 0 aromatic heterocycles. The van der Waals surface area contributed by atoms with Gasteiger partial charge in [0, 0.05) is 45.4 Å². The molecule has 1 fully saturated rings. The first kappa shape index (κ1) is 22.2. The van der Waals surface area contributed by atoms with Gasteiger partial charge < -0.3 is 15.5 Å². The van der Waals surface area contributed by atoms with Crippen molar-refractivity contribution in [3.8, 4) is 0 Å². The summed E-state index contributed by atoms with van der Waals surface area (Å²) in [6.07, 6.45) is 3.60. The lowest BCUT2D eigenvalue weighted by Crippen LogP contribution is -2.37. The molecule has 1 heterocycles. The van der Waals surface area contributed by atoms with Gasteiger partial charge in [-0.25, -0.2) is 4.39 Å². The van der Waals surface area contributed by atoms with Gasteiger partial charge in [-0.2, -0.15) is 11.8 Å². The van der Waals surface area contributed by atoms with Crippen LogP contribution < -0.4 is 10.6 Å². The third-order valence-electron chi connectivity index (χ3n) is 5.24. The lowest BCUT2D eigenvalue weighted by atomic mass is 10.1. The van der Waals surface area contributed by atoms with Gasteiger partial charge in [0.25, 0.3) is 0 Å². The number of hydrogen-bond acceptors (Lipinski definition) is 3. The average Bonchev–Trinajstić information content (AvgIpc) is 3.15. The van der Waals surface area contributed by atoms with Crippen molar-refractivity contribution in [1.82, 2.24) is 15.5 Å². The average molecular weight is 429 g/mol. The summed E-state index contributed by atoms with van der Waals surface area (Å²) in [6, 6.07) is 13.1. The van der Waals surface area contributed by atoms with Gasteiger partial charge in [-0.15, -0.1) is 0 Å². The number of aliphatic imine (C=N–C) groups is 1. The molecule has 7 heteroatoms. The maximum atomic E-state index is 13.6. The summed E-state index contributed by atoms with van der Waals surface area (Å²) >= 11 is 1.67. The highest BCUT2D eigenvalue weighted by Crippen LogP contribution is 2.18. The minimum atomic E-state index is -0.210. The van der Waals surface area contributed by atoms with Gasteiger partial charge in [-0.3, -0.25) is 9.79 Å². The van der Waals surface area contributed by atoms with Gasteiger partial charge in [0.15, 0.2) is 5.96 Å². The molecular weight excluding hydrogens is 399 g/mol. The number of benzene rings is 2. The Morgan fingerprint density at radius 1 is 1.10 bits per heavy atom. The van der Waals surface area contributed by atoms with Crippen LogP contribution in [-0.4, -0.2) is 36.6 Å². The number of guanidine groups is 1. The molecule has 2 N–H and O–H groups in total. The third kappa shape index (κ3) is 5.98. The lowest BCUT2D eigenvalue weighted by Gasteiger charge is -2.19. The number of thioether (sulfide) groups is 1. The predicted octanol–water partition coefficient (Wildman–Crippen LogP) is 3.68. The highest BCUT2D eigenvalue weighted by atomic mass is 32.2. The van der Waals surface area contributed by atoms with Crippen molar-refractivity contribution in [2.45, 2.75) is 38.2 Å². The zero-order valence-electron chi connectivity index (χ0n) is 17.6. The van der Waals surface area contributed by atoms with Crippen LogP contribution in [0.25, 0.3) is 0 Å². The Kier molecular flexibility index (Phi) is 8.13. The van der Waals surface area contributed by atoms with Crippen LogP contribution in [0.3, 0.4) is 0 Å². The maximum Gasteiger partial charge on any atom is 0.222 e. The number of hydrogen-bond donors (Lipinski definition) is 2. The summed E-state index contributed by atoms with van der Waals surface area (Å²) in [6.45, 7) is 2.66. The van der Waals surface area contributed by atoms with E-state index in [4.69, 9.17) is 0 Å². The largest absolute Gasteiger partial charge is 0.352 e. The molecule has 0 atom stereocenters. The standard InChI is InChI=1S/C23H29FN4OS/c1-25-23(27-14-18-9-10-21(24)12-20(18)16-30-2)26-13-17-6-3-4-7-19(17)15-28-11-5-8-22(28)29/h3-4,6-7,9-10,12H,5,8,11,13-16H2,1-2H3,(H2,25,26,27). The second-order valence-electron chi connectivity index (χ2n) is 7.31. The minimum absolute atomic E-state index is 0.210. The van der Waals surface area contributed by atoms with Crippen LogP contribution in [0, 0.1) is 5.82 Å². The molecular formula is C23H29FN4OS. The topological polar surface area (TPSA) is 56.7 Å². The lowest BCUT2D eigenvalue weighted by molar-refractivity contribution is -0.128. The first-order valence-corrected chi connectivity index (χ1v) is 11.6. The van der Waals surface area contributed by atoms with Crippen molar-refractivity contribution in [2.75, 3.05) is 19.8 Å². The number of carbonyl (C=O) groups excluding carboxylic acids is 1. The first-order chi connectivity index (χ1) is 14.6. The second kappa shape index (κ2) is 11.0. The monoisotopic (exact) mass is 428 g/mol. The third-order valence-corrected chi connectivity index (χ3v) is 5.83. The number of likely N-dealkylation sites (tertiary alicyclic amines) is 1. The molecule has 2 aromatic carbocycles. The summed E-state index contributed by atoms with van der Waals surface area (Å²) in [7, 11) is 1.73. The van der Waals surface area contributed by atoms with E-state index in [0.717, 1.165) is 41.0 Å². The van der Waals surface area contributed by atoms with Crippen molar-refractivity contribution in [3.63, 3.8) is 0 Å². The van der Waals surface area contributed by atoms with Crippen LogP contribution in [0.2, 0.25) is 0 Å². The van der Waals surface area contributed by atoms with Crippen LogP contribution in [0.5, 0.6) is 0 Å². The predicted molar refractivity (Wildman–Crippen MR) is 122 cm³/mol. The zero-order chi connectivity index (χ0) is 21.3. The Labute approximate surface area is 182 Å². The Balaban J connectivity index is 1.59. The molecule has 30 heavy (non-hydrogen) atoms. The number of nitrogens with zero attached hydrogens (tertiary/aromatic N) is 2. The highest BCUT2D eigenvalue weighted by molar-refractivity contribution is 7.97. The molecule has 0 saturated carbocycles.